The topological polar surface area (TPSA) is 104 Å². The number of carbonyl (C=O) groups is 3. The van der Waals surface area contributed by atoms with Gasteiger partial charge in [0.1, 0.15) is 29.7 Å². The first kappa shape index (κ1) is 29.4. The highest BCUT2D eigenvalue weighted by Crippen LogP contribution is 2.35. The first-order valence-corrected chi connectivity index (χ1v) is 14.8. The number of piperidine rings is 1. The second kappa shape index (κ2) is 13.7. The molecule has 222 valence electrons. The number of nitrogens with one attached hydrogen (secondary N) is 2. The SMILES string of the molecule is Cc1ccc(CN2C(=O)[C@H](CCCNC(=O)OCc3ccccc3)NC(=O)C23CCN(CCc2ccccc2)CC3)o1. The number of benzene rings is 2. The lowest BCUT2D eigenvalue weighted by atomic mass is 9.81. The summed E-state index contributed by atoms with van der Waals surface area (Å²) >= 11 is 0. The molecule has 2 aliphatic heterocycles. The van der Waals surface area contributed by atoms with Crippen LogP contribution in [0.2, 0.25) is 0 Å². The number of likely N-dealkylation sites (tertiary alicyclic amines) is 1. The molecule has 2 N–H and O–H groups in total. The number of rotatable bonds is 11. The zero-order chi connectivity index (χ0) is 29.4. The van der Waals surface area contributed by atoms with Crippen molar-refractivity contribution >= 4 is 17.9 Å². The molecule has 2 aromatic carbocycles. The zero-order valence-electron chi connectivity index (χ0n) is 24.2. The predicted molar refractivity (Wildman–Crippen MR) is 158 cm³/mol. The number of hydrogen-bond acceptors (Lipinski definition) is 6. The maximum atomic E-state index is 13.9. The van der Waals surface area contributed by atoms with Crippen molar-refractivity contribution in [2.24, 2.45) is 0 Å². The molecule has 1 spiro atoms. The fourth-order valence-electron chi connectivity index (χ4n) is 5.87. The average molecular weight is 573 g/mol. The maximum Gasteiger partial charge on any atom is 0.407 e. The van der Waals surface area contributed by atoms with E-state index in [0.29, 0.717) is 38.0 Å². The third kappa shape index (κ3) is 7.20. The van der Waals surface area contributed by atoms with E-state index in [2.05, 4.69) is 39.8 Å². The van der Waals surface area contributed by atoms with E-state index in [1.165, 1.54) is 5.56 Å². The van der Waals surface area contributed by atoms with Gasteiger partial charge in [0.15, 0.2) is 0 Å². The van der Waals surface area contributed by atoms with Gasteiger partial charge in [-0.15, -0.1) is 0 Å². The van der Waals surface area contributed by atoms with Crippen LogP contribution in [0, 0.1) is 6.92 Å². The van der Waals surface area contributed by atoms with Crippen LogP contribution in [0.5, 0.6) is 0 Å². The van der Waals surface area contributed by atoms with E-state index in [9.17, 15) is 14.4 Å². The molecule has 9 heteroatoms. The van der Waals surface area contributed by atoms with Crippen LogP contribution in [-0.2, 0) is 33.9 Å². The quantitative estimate of drug-likeness (QED) is 0.334. The van der Waals surface area contributed by atoms with Crippen molar-refractivity contribution < 1.29 is 23.5 Å². The predicted octanol–water partition coefficient (Wildman–Crippen LogP) is 4.20. The molecule has 1 aromatic heterocycles. The van der Waals surface area contributed by atoms with Crippen LogP contribution in [-0.4, -0.2) is 65.5 Å². The lowest BCUT2D eigenvalue weighted by Gasteiger charge is -2.51. The largest absolute Gasteiger partial charge is 0.464 e. The van der Waals surface area contributed by atoms with E-state index < -0.39 is 17.7 Å². The number of piperazine rings is 1. The number of nitrogens with zero attached hydrogens (tertiary/aromatic N) is 2. The zero-order valence-corrected chi connectivity index (χ0v) is 24.2. The van der Waals surface area contributed by atoms with E-state index in [1.807, 2.05) is 55.5 Å². The number of ether oxygens (including phenoxy) is 1. The Hall–Kier alpha value is -4.11. The van der Waals surface area contributed by atoms with Crippen LogP contribution < -0.4 is 10.6 Å². The Morgan fingerprint density at radius 3 is 2.36 bits per heavy atom. The summed E-state index contributed by atoms with van der Waals surface area (Å²) < 4.78 is 11.1. The summed E-state index contributed by atoms with van der Waals surface area (Å²) in [7, 11) is 0. The molecular weight excluding hydrogens is 532 g/mol. The van der Waals surface area contributed by atoms with E-state index in [1.54, 1.807) is 4.90 Å². The first-order chi connectivity index (χ1) is 20.4. The normalized spacial score (nSPS) is 18.6. The third-order valence-electron chi connectivity index (χ3n) is 8.31. The molecule has 2 fully saturated rings. The highest BCUT2D eigenvalue weighted by molar-refractivity contribution is 6.00. The molecule has 9 nitrogen and oxygen atoms in total. The molecule has 0 radical (unpaired) electrons. The van der Waals surface area contributed by atoms with Crippen LogP contribution in [0.1, 0.15) is 48.3 Å². The number of alkyl carbamates (subject to hydrolysis) is 1. The van der Waals surface area contributed by atoms with Crippen molar-refractivity contribution in [3.05, 3.63) is 95.4 Å². The Balaban J connectivity index is 1.17. The van der Waals surface area contributed by atoms with Gasteiger partial charge in [-0.25, -0.2) is 4.79 Å². The van der Waals surface area contributed by atoms with Crippen molar-refractivity contribution in [1.29, 1.82) is 0 Å². The van der Waals surface area contributed by atoms with E-state index >= 15 is 0 Å². The minimum Gasteiger partial charge on any atom is -0.464 e. The van der Waals surface area contributed by atoms with Gasteiger partial charge in [-0.3, -0.25) is 9.59 Å². The van der Waals surface area contributed by atoms with Crippen molar-refractivity contribution in [3.8, 4) is 0 Å². The molecule has 3 heterocycles. The molecule has 5 rings (SSSR count). The summed E-state index contributed by atoms with van der Waals surface area (Å²) in [6, 6.07) is 23.0. The number of hydrogen-bond donors (Lipinski definition) is 2. The van der Waals surface area contributed by atoms with Crippen LogP contribution >= 0.6 is 0 Å². The Morgan fingerprint density at radius 1 is 1.00 bits per heavy atom. The van der Waals surface area contributed by atoms with Crippen LogP contribution in [0.15, 0.2) is 77.2 Å². The first-order valence-electron chi connectivity index (χ1n) is 14.8. The molecular formula is C33H40N4O5. The Labute approximate surface area is 247 Å². The standard InChI is InChI=1S/C33H40N4O5/c1-25-14-15-28(42-25)23-37-30(38)29(13-8-19-34-32(40)41-24-27-11-6-3-7-12-27)35-31(39)33(37)17-21-36(22-18-33)20-16-26-9-4-2-5-10-26/h2-7,9-12,14-15,29H,8,13,16-24H2,1H3,(H,34,40)(H,35,39)/t29-/m0/s1. The summed E-state index contributed by atoms with van der Waals surface area (Å²) in [6.45, 7) is 5.04. The fraction of sp³-hybridized carbons (Fsp3) is 0.424. The van der Waals surface area contributed by atoms with Gasteiger partial charge in [-0.1, -0.05) is 60.7 Å². The molecule has 3 aromatic rings. The van der Waals surface area contributed by atoms with Crippen molar-refractivity contribution in [3.63, 3.8) is 0 Å². The smallest absolute Gasteiger partial charge is 0.407 e. The Bertz CT molecular complexity index is 1330. The molecule has 0 saturated carbocycles. The molecule has 1 atom stereocenters. The highest BCUT2D eigenvalue weighted by atomic mass is 16.5. The number of furan rings is 1. The van der Waals surface area contributed by atoms with Gasteiger partial charge in [-0.05, 0) is 62.3 Å². The Kier molecular flexibility index (Phi) is 9.59. The van der Waals surface area contributed by atoms with E-state index in [0.717, 1.165) is 37.4 Å². The van der Waals surface area contributed by atoms with Crippen LogP contribution in [0.4, 0.5) is 4.79 Å². The molecule has 0 bridgehead atoms. The number of amides is 3. The van der Waals surface area contributed by atoms with Gasteiger partial charge in [0.05, 0.1) is 6.54 Å². The molecule has 2 saturated heterocycles. The van der Waals surface area contributed by atoms with Crippen molar-refractivity contribution in [2.45, 2.75) is 63.8 Å². The fourth-order valence-corrected chi connectivity index (χ4v) is 5.87. The Morgan fingerprint density at radius 2 is 1.69 bits per heavy atom. The molecule has 0 aliphatic carbocycles. The van der Waals surface area contributed by atoms with Gasteiger partial charge >= 0.3 is 6.09 Å². The minimum atomic E-state index is -0.906. The molecule has 3 amide bonds. The summed E-state index contributed by atoms with van der Waals surface area (Å²) in [5, 5.41) is 5.77. The summed E-state index contributed by atoms with van der Waals surface area (Å²) in [5.74, 6) is 1.23. The molecule has 0 unspecified atom stereocenters. The minimum absolute atomic E-state index is 0.103. The van der Waals surface area contributed by atoms with E-state index in [4.69, 9.17) is 9.15 Å². The van der Waals surface area contributed by atoms with Gasteiger partial charge in [-0.2, -0.15) is 0 Å². The van der Waals surface area contributed by atoms with Gasteiger partial charge < -0.3 is 29.6 Å². The second-order valence-electron chi connectivity index (χ2n) is 11.2. The third-order valence-corrected chi connectivity index (χ3v) is 8.31. The van der Waals surface area contributed by atoms with Crippen molar-refractivity contribution in [2.75, 3.05) is 26.2 Å². The van der Waals surface area contributed by atoms with Crippen LogP contribution in [0.3, 0.4) is 0 Å². The number of aryl methyl sites for hydroxylation is 1. The van der Waals surface area contributed by atoms with Gasteiger partial charge in [0.25, 0.3) is 0 Å². The maximum absolute atomic E-state index is 13.9. The second-order valence-corrected chi connectivity index (χ2v) is 11.2. The summed E-state index contributed by atoms with van der Waals surface area (Å²) in [4.78, 5) is 43.8. The summed E-state index contributed by atoms with van der Waals surface area (Å²) in [6.07, 6.45) is 2.51. The summed E-state index contributed by atoms with van der Waals surface area (Å²) in [5.41, 5.74) is 1.29. The van der Waals surface area contributed by atoms with E-state index in [-0.39, 0.29) is 25.0 Å². The average Bonchev–Trinajstić information content (AvgIpc) is 3.44. The monoisotopic (exact) mass is 572 g/mol. The lowest BCUT2D eigenvalue weighted by molar-refractivity contribution is -0.162. The molecule has 42 heavy (non-hydrogen) atoms. The molecule has 2 aliphatic rings. The van der Waals surface area contributed by atoms with Gasteiger partial charge in [0.2, 0.25) is 11.8 Å². The highest BCUT2D eigenvalue weighted by Gasteiger charge is 2.53. The van der Waals surface area contributed by atoms with Crippen LogP contribution in [0.25, 0.3) is 0 Å². The van der Waals surface area contributed by atoms with Gasteiger partial charge in [0, 0.05) is 26.2 Å². The van der Waals surface area contributed by atoms with Crippen molar-refractivity contribution in [1.82, 2.24) is 20.4 Å². The lowest BCUT2D eigenvalue weighted by Crippen LogP contribution is -2.72. The number of carbonyl (C=O) groups excluding carboxylic acids is 3.